The van der Waals surface area contributed by atoms with Crippen LogP contribution in [-0.2, 0) is 6.54 Å². The van der Waals surface area contributed by atoms with E-state index in [1.807, 2.05) is 0 Å². The van der Waals surface area contributed by atoms with Crippen molar-refractivity contribution in [3.8, 4) is 0 Å². The molecule has 0 radical (unpaired) electrons. The van der Waals surface area contributed by atoms with Gasteiger partial charge in [-0.3, -0.25) is 0 Å². The zero-order valence-electron chi connectivity index (χ0n) is 10.5. The molecule has 1 aromatic carbocycles. The van der Waals surface area contributed by atoms with Crippen LogP contribution in [0.4, 0.5) is 0 Å². The lowest BCUT2D eigenvalue weighted by atomic mass is 10.1. The third-order valence-corrected chi connectivity index (χ3v) is 3.48. The summed E-state index contributed by atoms with van der Waals surface area (Å²) in [5.74, 6) is 1.02. The molecule has 2 rings (SSSR count). The topological polar surface area (TPSA) is 12.0 Å². The summed E-state index contributed by atoms with van der Waals surface area (Å²) in [6.45, 7) is 5.47. The molecule has 0 saturated heterocycles. The van der Waals surface area contributed by atoms with Gasteiger partial charge in [0.2, 0.25) is 0 Å². The minimum absolute atomic E-state index is 0.716. The van der Waals surface area contributed by atoms with Crippen molar-refractivity contribution in [1.82, 2.24) is 5.32 Å². The molecule has 1 aliphatic rings. The quantitative estimate of drug-likeness (QED) is 0.766. The van der Waals surface area contributed by atoms with Gasteiger partial charge in [0.15, 0.2) is 0 Å². The molecule has 1 saturated carbocycles. The predicted octanol–water partition coefficient (Wildman–Crippen LogP) is 3.66. The van der Waals surface area contributed by atoms with Crippen LogP contribution in [0.1, 0.15) is 43.7 Å². The molecule has 1 fully saturated rings. The van der Waals surface area contributed by atoms with Gasteiger partial charge in [-0.15, -0.1) is 0 Å². The van der Waals surface area contributed by atoms with Crippen LogP contribution < -0.4 is 5.32 Å². The number of aryl methyl sites for hydroxylation is 1. The normalized spacial score (nSPS) is 17.4. The van der Waals surface area contributed by atoms with Crippen LogP contribution in [0, 0.1) is 12.8 Å². The lowest BCUT2D eigenvalue weighted by Crippen LogP contribution is -2.28. The Labute approximate surface area is 99.3 Å². The van der Waals surface area contributed by atoms with Crippen molar-refractivity contribution in [1.29, 1.82) is 0 Å². The van der Waals surface area contributed by atoms with Gasteiger partial charge in [0.1, 0.15) is 0 Å². The van der Waals surface area contributed by atoms with Crippen LogP contribution in [-0.4, -0.2) is 6.04 Å². The molecule has 1 nitrogen and oxygen atoms in total. The molecule has 0 aliphatic heterocycles. The number of benzene rings is 1. The number of rotatable bonds is 6. The Morgan fingerprint density at radius 2 is 2.19 bits per heavy atom. The summed E-state index contributed by atoms with van der Waals surface area (Å²) in [7, 11) is 0. The number of nitrogens with one attached hydrogen (secondary N) is 1. The van der Waals surface area contributed by atoms with Crippen molar-refractivity contribution >= 4 is 0 Å². The van der Waals surface area contributed by atoms with Crippen LogP contribution in [0.3, 0.4) is 0 Å². The van der Waals surface area contributed by atoms with Crippen molar-refractivity contribution in [2.75, 3.05) is 0 Å². The van der Waals surface area contributed by atoms with Gasteiger partial charge in [-0.05, 0) is 31.2 Å². The first-order chi connectivity index (χ1) is 7.78. The highest BCUT2D eigenvalue weighted by Gasteiger charge is 2.24. The van der Waals surface area contributed by atoms with Gasteiger partial charge in [0.05, 0.1) is 0 Å². The van der Waals surface area contributed by atoms with E-state index < -0.39 is 0 Å². The Balaban J connectivity index is 1.80. The maximum absolute atomic E-state index is 3.68. The van der Waals surface area contributed by atoms with Gasteiger partial charge in [0, 0.05) is 12.6 Å². The fraction of sp³-hybridized carbons (Fsp3) is 0.600. The van der Waals surface area contributed by atoms with E-state index in [1.54, 1.807) is 0 Å². The first kappa shape index (κ1) is 11.7. The van der Waals surface area contributed by atoms with Crippen molar-refractivity contribution in [2.24, 2.45) is 5.92 Å². The molecule has 88 valence electrons. The van der Waals surface area contributed by atoms with E-state index in [0.29, 0.717) is 6.04 Å². The van der Waals surface area contributed by atoms with E-state index in [4.69, 9.17) is 0 Å². The van der Waals surface area contributed by atoms with Gasteiger partial charge < -0.3 is 5.32 Å². The summed E-state index contributed by atoms with van der Waals surface area (Å²) in [4.78, 5) is 0. The zero-order chi connectivity index (χ0) is 11.4. The molecule has 0 spiro atoms. The zero-order valence-corrected chi connectivity index (χ0v) is 10.5. The second kappa shape index (κ2) is 5.49. The average Bonchev–Trinajstić information content (AvgIpc) is 3.08. The van der Waals surface area contributed by atoms with Crippen LogP contribution in [0.15, 0.2) is 24.3 Å². The van der Waals surface area contributed by atoms with E-state index in [0.717, 1.165) is 12.5 Å². The Kier molecular flexibility index (Phi) is 4.00. The molecule has 1 N–H and O–H groups in total. The van der Waals surface area contributed by atoms with Crippen molar-refractivity contribution < 1.29 is 0 Å². The Morgan fingerprint density at radius 1 is 1.38 bits per heavy atom. The van der Waals surface area contributed by atoms with Gasteiger partial charge in [0.25, 0.3) is 0 Å². The third-order valence-electron chi connectivity index (χ3n) is 3.48. The number of hydrogen-bond donors (Lipinski definition) is 1. The summed E-state index contributed by atoms with van der Waals surface area (Å²) < 4.78 is 0. The van der Waals surface area contributed by atoms with Gasteiger partial charge >= 0.3 is 0 Å². The summed E-state index contributed by atoms with van der Waals surface area (Å²) in [6, 6.07) is 9.51. The van der Waals surface area contributed by atoms with Gasteiger partial charge in [-0.1, -0.05) is 49.6 Å². The van der Waals surface area contributed by atoms with E-state index in [2.05, 4.69) is 43.4 Å². The fourth-order valence-electron chi connectivity index (χ4n) is 2.23. The molecule has 1 heteroatoms. The van der Waals surface area contributed by atoms with E-state index in [9.17, 15) is 0 Å². The highest BCUT2D eigenvalue weighted by Crippen LogP contribution is 2.34. The highest BCUT2D eigenvalue weighted by molar-refractivity contribution is 5.22. The largest absolute Gasteiger partial charge is 0.310 e. The van der Waals surface area contributed by atoms with Gasteiger partial charge in [-0.25, -0.2) is 0 Å². The lowest BCUT2D eigenvalue weighted by Gasteiger charge is -2.16. The lowest BCUT2D eigenvalue weighted by molar-refractivity contribution is 0.445. The summed E-state index contributed by atoms with van der Waals surface area (Å²) in [5, 5.41) is 3.68. The Hall–Kier alpha value is -0.820. The molecular weight excluding hydrogens is 194 g/mol. The van der Waals surface area contributed by atoms with E-state index in [-0.39, 0.29) is 0 Å². The van der Waals surface area contributed by atoms with Crippen LogP contribution >= 0.6 is 0 Å². The van der Waals surface area contributed by atoms with Gasteiger partial charge in [-0.2, -0.15) is 0 Å². The molecule has 1 atom stereocenters. The van der Waals surface area contributed by atoms with Crippen molar-refractivity contribution in [3.05, 3.63) is 35.4 Å². The molecule has 16 heavy (non-hydrogen) atoms. The van der Waals surface area contributed by atoms with Crippen molar-refractivity contribution in [3.63, 3.8) is 0 Å². The van der Waals surface area contributed by atoms with Crippen LogP contribution in [0.2, 0.25) is 0 Å². The second-order valence-electron chi connectivity index (χ2n) is 5.15. The fourth-order valence-corrected chi connectivity index (χ4v) is 2.23. The summed E-state index contributed by atoms with van der Waals surface area (Å²) >= 11 is 0. The standard InChI is InChI=1S/C15H23N/c1-3-15(10-13-7-8-13)16-11-14-6-4-5-12(2)9-14/h4-6,9,13,15-16H,3,7-8,10-11H2,1-2H3. The Bertz CT molecular complexity index is 328. The maximum Gasteiger partial charge on any atom is 0.0208 e. The first-order valence-electron chi connectivity index (χ1n) is 6.57. The first-order valence-corrected chi connectivity index (χ1v) is 6.57. The molecule has 0 aromatic heterocycles. The van der Waals surface area contributed by atoms with E-state index in [1.165, 1.54) is 36.8 Å². The predicted molar refractivity (Wildman–Crippen MR) is 69.4 cm³/mol. The minimum atomic E-state index is 0.716. The van der Waals surface area contributed by atoms with Crippen LogP contribution in [0.5, 0.6) is 0 Å². The summed E-state index contributed by atoms with van der Waals surface area (Å²) in [6.07, 6.45) is 5.55. The second-order valence-corrected chi connectivity index (χ2v) is 5.15. The molecule has 1 aromatic rings. The minimum Gasteiger partial charge on any atom is -0.310 e. The summed E-state index contributed by atoms with van der Waals surface area (Å²) in [5.41, 5.74) is 2.77. The van der Waals surface area contributed by atoms with E-state index >= 15 is 0 Å². The molecule has 0 bridgehead atoms. The SMILES string of the molecule is CCC(CC1CC1)NCc1cccc(C)c1. The third kappa shape index (κ3) is 3.64. The molecule has 1 aliphatic carbocycles. The smallest absolute Gasteiger partial charge is 0.0208 e. The van der Waals surface area contributed by atoms with Crippen molar-refractivity contribution in [2.45, 2.75) is 52.1 Å². The maximum atomic E-state index is 3.68. The molecule has 0 heterocycles. The molecule has 0 amide bonds. The monoisotopic (exact) mass is 217 g/mol. The average molecular weight is 217 g/mol. The molecular formula is C15H23N. The Morgan fingerprint density at radius 3 is 2.81 bits per heavy atom. The molecule has 1 unspecified atom stereocenters. The number of hydrogen-bond acceptors (Lipinski definition) is 1. The highest BCUT2D eigenvalue weighted by atomic mass is 14.9. The van der Waals surface area contributed by atoms with Crippen LogP contribution in [0.25, 0.3) is 0 Å².